The number of amides is 1. The molecule has 3 N–H and O–H groups in total. The van der Waals surface area contributed by atoms with E-state index in [-0.39, 0.29) is 17.8 Å². The van der Waals surface area contributed by atoms with Gasteiger partial charge in [-0.05, 0) is 49.4 Å². The fraction of sp³-hybridized carbons (Fsp3) is 0.467. The van der Waals surface area contributed by atoms with Crippen molar-refractivity contribution in [3.05, 3.63) is 34.9 Å². The van der Waals surface area contributed by atoms with Gasteiger partial charge in [-0.25, -0.2) is 0 Å². The quantitative estimate of drug-likeness (QED) is 0.380. The zero-order chi connectivity index (χ0) is 14.7. The molecule has 1 aromatic carbocycles. The molecule has 5 heteroatoms. The smallest absolute Gasteiger partial charge is 0.253 e. The maximum absolute atomic E-state index is 12.4. The Morgan fingerprint density at radius 1 is 1.45 bits per heavy atom. The fourth-order valence-electron chi connectivity index (χ4n) is 2.59. The van der Waals surface area contributed by atoms with Crippen LogP contribution in [0.3, 0.4) is 0 Å². The Morgan fingerprint density at radius 2 is 2.15 bits per heavy atom. The van der Waals surface area contributed by atoms with Crippen molar-refractivity contribution >= 4 is 11.7 Å². The van der Waals surface area contributed by atoms with E-state index in [1.807, 2.05) is 19.1 Å². The van der Waals surface area contributed by atoms with Gasteiger partial charge < -0.3 is 15.8 Å². The molecule has 0 bridgehead atoms. The Bertz CT molecular complexity index is 540. The molecule has 0 saturated carbocycles. The van der Waals surface area contributed by atoms with Gasteiger partial charge in [0.25, 0.3) is 5.91 Å². The number of hydrogen-bond donors (Lipinski definition) is 2. The number of aryl methyl sites for hydroxylation is 2. The summed E-state index contributed by atoms with van der Waals surface area (Å²) in [5.74, 6) is 0.101. The first kappa shape index (κ1) is 14.4. The Hall–Kier alpha value is -2.04. The SMILES string of the molecule is CC(CC(N)=NO)N(C)C(=O)c1ccc2c(c1)CCC2. The third-order valence-corrected chi connectivity index (χ3v) is 3.96. The molecule has 0 aliphatic heterocycles. The molecule has 2 rings (SSSR count). The third kappa shape index (κ3) is 2.92. The van der Waals surface area contributed by atoms with Crippen LogP contribution in [0.25, 0.3) is 0 Å². The van der Waals surface area contributed by atoms with Crippen molar-refractivity contribution in [3.63, 3.8) is 0 Å². The molecule has 1 aliphatic rings. The van der Waals surface area contributed by atoms with Crippen molar-refractivity contribution in [1.82, 2.24) is 4.90 Å². The summed E-state index contributed by atoms with van der Waals surface area (Å²) in [5.41, 5.74) is 8.84. The zero-order valence-corrected chi connectivity index (χ0v) is 12.0. The van der Waals surface area contributed by atoms with Crippen molar-refractivity contribution in [2.45, 2.75) is 38.6 Å². The minimum Gasteiger partial charge on any atom is -0.409 e. The zero-order valence-electron chi connectivity index (χ0n) is 12.0. The second-order valence-corrected chi connectivity index (χ2v) is 5.40. The van der Waals surface area contributed by atoms with E-state index in [4.69, 9.17) is 10.9 Å². The van der Waals surface area contributed by atoms with Crippen molar-refractivity contribution in [3.8, 4) is 0 Å². The predicted octanol–water partition coefficient (Wildman–Crippen LogP) is 1.77. The molecule has 1 atom stereocenters. The van der Waals surface area contributed by atoms with Crippen molar-refractivity contribution < 1.29 is 10.0 Å². The molecule has 1 amide bonds. The number of benzene rings is 1. The lowest BCUT2D eigenvalue weighted by Crippen LogP contribution is -2.37. The summed E-state index contributed by atoms with van der Waals surface area (Å²) in [6.07, 6.45) is 3.69. The Labute approximate surface area is 119 Å². The van der Waals surface area contributed by atoms with E-state index >= 15 is 0 Å². The summed E-state index contributed by atoms with van der Waals surface area (Å²) in [7, 11) is 1.74. The maximum atomic E-state index is 12.4. The molecule has 0 radical (unpaired) electrons. The number of amidine groups is 1. The van der Waals surface area contributed by atoms with Gasteiger partial charge >= 0.3 is 0 Å². The second-order valence-electron chi connectivity index (χ2n) is 5.40. The summed E-state index contributed by atoms with van der Waals surface area (Å²) >= 11 is 0. The molecule has 1 aromatic rings. The Kier molecular flexibility index (Phi) is 4.27. The third-order valence-electron chi connectivity index (χ3n) is 3.96. The van der Waals surface area contributed by atoms with Gasteiger partial charge in [0.15, 0.2) is 0 Å². The highest BCUT2D eigenvalue weighted by molar-refractivity contribution is 5.95. The first-order chi connectivity index (χ1) is 9.52. The fourth-order valence-corrected chi connectivity index (χ4v) is 2.59. The van der Waals surface area contributed by atoms with Crippen LogP contribution >= 0.6 is 0 Å². The van der Waals surface area contributed by atoms with E-state index in [0.29, 0.717) is 12.0 Å². The van der Waals surface area contributed by atoms with Gasteiger partial charge in [0.1, 0.15) is 5.84 Å². The molecule has 20 heavy (non-hydrogen) atoms. The molecule has 0 spiro atoms. The Morgan fingerprint density at radius 3 is 2.85 bits per heavy atom. The number of nitrogens with two attached hydrogens (primary N) is 1. The molecule has 0 fully saturated rings. The predicted molar refractivity (Wildman–Crippen MR) is 78.0 cm³/mol. The van der Waals surface area contributed by atoms with Gasteiger partial charge in [-0.3, -0.25) is 4.79 Å². The van der Waals surface area contributed by atoms with Gasteiger partial charge in [0.2, 0.25) is 0 Å². The summed E-state index contributed by atoms with van der Waals surface area (Å²) in [4.78, 5) is 14.1. The molecule has 108 valence electrons. The number of hydrogen-bond acceptors (Lipinski definition) is 3. The van der Waals surface area contributed by atoms with Crippen LogP contribution in [0.2, 0.25) is 0 Å². The van der Waals surface area contributed by atoms with Crippen molar-refractivity contribution in [2.24, 2.45) is 10.9 Å². The van der Waals surface area contributed by atoms with Gasteiger partial charge in [-0.2, -0.15) is 0 Å². The van der Waals surface area contributed by atoms with E-state index in [2.05, 4.69) is 11.2 Å². The minimum absolute atomic E-state index is 0.0297. The highest BCUT2D eigenvalue weighted by Crippen LogP contribution is 2.23. The Balaban J connectivity index is 2.10. The van der Waals surface area contributed by atoms with Crippen molar-refractivity contribution in [1.29, 1.82) is 0 Å². The topological polar surface area (TPSA) is 78.9 Å². The lowest BCUT2D eigenvalue weighted by atomic mass is 10.0. The lowest BCUT2D eigenvalue weighted by molar-refractivity contribution is 0.0747. The van der Waals surface area contributed by atoms with Gasteiger partial charge in [0.05, 0.1) is 0 Å². The molecular weight excluding hydrogens is 254 g/mol. The van der Waals surface area contributed by atoms with E-state index in [1.165, 1.54) is 17.5 Å². The van der Waals surface area contributed by atoms with E-state index in [9.17, 15) is 4.79 Å². The molecule has 0 saturated heterocycles. The van der Waals surface area contributed by atoms with Crippen LogP contribution < -0.4 is 5.73 Å². The van der Waals surface area contributed by atoms with Crippen molar-refractivity contribution in [2.75, 3.05) is 7.05 Å². The van der Waals surface area contributed by atoms with Crippen LogP contribution in [0.15, 0.2) is 23.4 Å². The number of carbonyl (C=O) groups is 1. The largest absolute Gasteiger partial charge is 0.409 e. The molecule has 1 aliphatic carbocycles. The molecule has 1 unspecified atom stereocenters. The minimum atomic E-state index is -0.119. The first-order valence-corrected chi connectivity index (χ1v) is 6.88. The summed E-state index contributed by atoms with van der Waals surface area (Å²) in [6.45, 7) is 1.88. The first-order valence-electron chi connectivity index (χ1n) is 6.88. The van der Waals surface area contributed by atoms with E-state index in [1.54, 1.807) is 11.9 Å². The van der Waals surface area contributed by atoms with Gasteiger partial charge in [0, 0.05) is 25.1 Å². The standard InChI is InChI=1S/C15H21N3O2/c1-10(8-14(16)17-20)18(2)15(19)13-7-6-11-4-3-5-12(11)9-13/h6-7,9-10,20H,3-5,8H2,1-2H3,(H2,16,17). The summed E-state index contributed by atoms with van der Waals surface area (Å²) in [6, 6.07) is 5.82. The van der Waals surface area contributed by atoms with E-state index in [0.717, 1.165) is 12.8 Å². The molecule has 0 aromatic heterocycles. The number of rotatable bonds is 4. The number of oxime groups is 1. The van der Waals surface area contributed by atoms with Crippen LogP contribution in [0, 0.1) is 0 Å². The number of fused-ring (bicyclic) bond motifs is 1. The number of nitrogens with zero attached hydrogens (tertiary/aromatic N) is 2. The number of carbonyl (C=O) groups excluding carboxylic acids is 1. The average Bonchev–Trinajstić information content (AvgIpc) is 2.92. The normalized spacial score (nSPS) is 15.8. The second kappa shape index (κ2) is 5.94. The highest BCUT2D eigenvalue weighted by atomic mass is 16.4. The van der Waals surface area contributed by atoms with Crippen LogP contribution in [0.5, 0.6) is 0 Å². The van der Waals surface area contributed by atoms with Gasteiger partial charge in [-0.1, -0.05) is 11.2 Å². The van der Waals surface area contributed by atoms with Crippen LogP contribution in [0.4, 0.5) is 0 Å². The molecular formula is C15H21N3O2. The maximum Gasteiger partial charge on any atom is 0.253 e. The van der Waals surface area contributed by atoms with Crippen LogP contribution in [-0.2, 0) is 12.8 Å². The average molecular weight is 275 g/mol. The van der Waals surface area contributed by atoms with Gasteiger partial charge in [-0.15, -0.1) is 0 Å². The monoisotopic (exact) mass is 275 g/mol. The van der Waals surface area contributed by atoms with Crippen LogP contribution in [0.1, 0.15) is 41.3 Å². The lowest BCUT2D eigenvalue weighted by Gasteiger charge is -2.24. The molecule has 0 heterocycles. The highest BCUT2D eigenvalue weighted by Gasteiger charge is 2.20. The van der Waals surface area contributed by atoms with E-state index < -0.39 is 0 Å². The summed E-state index contributed by atoms with van der Waals surface area (Å²) < 4.78 is 0. The molecule has 5 nitrogen and oxygen atoms in total. The summed E-state index contributed by atoms with van der Waals surface area (Å²) in [5, 5.41) is 11.5. The van der Waals surface area contributed by atoms with Crippen LogP contribution in [-0.4, -0.2) is 34.9 Å².